The van der Waals surface area contributed by atoms with Gasteiger partial charge in [0.05, 0.1) is 22.0 Å². The average molecular weight is 324 g/mol. The van der Waals surface area contributed by atoms with E-state index in [0.29, 0.717) is 32.7 Å². The fourth-order valence-corrected chi connectivity index (χ4v) is 2.28. The molecule has 0 aliphatic carbocycles. The van der Waals surface area contributed by atoms with Crippen molar-refractivity contribution in [1.29, 1.82) is 0 Å². The Labute approximate surface area is 133 Å². The van der Waals surface area contributed by atoms with E-state index in [1.165, 1.54) is 4.90 Å². The summed E-state index contributed by atoms with van der Waals surface area (Å²) in [5, 5.41) is 4.14. The second kappa shape index (κ2) is 6.24. The van der Waals surface area contributed by atoms with Crippen LogP contribution in [0, 0.1) is 0 Å². The molecule has 0 aromatic heterocycles. The van der Waals surface area contributed by atoms with Gasteiger partial charge in [0, 0.05) is 24.8 Å². The molecule has 0 spiro atoms. The van der Waals surface area contributed by atoms with E-state index in [1.807, 2.05) is 0 Å². The van der Waals surface area contributed by atoms with Gasteiger partial charge in [0.2, 0.25) is 0 Å². The number of rotatable bonds is 3. The van der Waals surface area contributed by atoms with E-state index < -0.39 is 0 Å². The fraction of sp³-hybridized carbons (Fsp3) is 0.133. The van der Waals surface area contributed by atoms with Gasteiger partial charge < -0.3 is 16.0 Å². The van der Waals surface area contributed by atoms with E-state index in [1.54, 1.807) is 50.5 Å². The number of carbonyl (C=O) groups excluding carboxylic acids is 1. The highest BCUT2D eigenvalue weighted by Crippen LogP contribution is 2.30. The average Bonchev–Trinajstić information content (AvgIpc) is 2.41. The maximum Gasteiger partial charge on any atom is 0.255 e. The van der Waals surface area contributed by atoms with Crippen molar-refractivity contribution >= 4 is 46.2 Å². The molecular formula is C15H15Cl2N3O. The third kappa shape index (κ3) is 3.60. The Hall–Kier alpha value is -1.91. The monoisotopic (exact) mass is 323 g/mol. The van der Waals surface area contributed by atoms with Gasteiger partial charge in [-0.15, -0.1) is 0 Å². The number of nitrogens with two attached hydrogens (primary N) is 1. The molecule has 6 heteroatoms. The third-order valence-corrected chi connectivity index (χ3v) is 3.43. The van der Waals surface area contributed by atoms with E-state index in [-0.39, 0.29) is 5.91 Å². The zero-order valence-electron chi connectivity index (χ0n) is 11.7. The minimum atomic E-state index is -0.123. The SMILES string of the molecule is CN(C)C(=O)c1ccc(N)cc1Nc1ccc(Cl)cc1Cl. The number of nitrogen functional groups attached to an aromatic ring is 1. The third-order valence-electron chi connectivity index (χ3n) is 2.88. The number of hydrogen-bond acceptors (Lipinski definition) is 3. The van der Waals surface area contributed by atoms with Crippen molar-refractivity contribution in [3.05, 3.63) is 52.0 Å². The van der Waals surface area contributed by atoms with Crippen molar-refractivity contribution < 1.29 is 4.79 Å². The van der Waals surface area contributed by atoms with Gasteiger partial charge in [-0.3, -0.25) is 4.79 Å². The van der Waals surface area contributed by atoms with E-state index in [9.17, 15) is 4.79 Å². The van der Waals surface area contributed by atoms with Crippen LogP contribution in [0.2, 0.25) is 10.0 Å². The van der Waals surface area contributed by atoms with Crippen LogP contribution >= 0.6 is 23.2 Å². The molecule has 110 valence electrons. The summed E-state index contributed by atoms with van der Waals surface area (Å²) < 4.78 is 0. The highest BCUT2D eigenvalue weighted by Gasteiger charge is 2.14. The largest absolute Gasteiger partial charge is 0.399 e. The van der Waals surface area contributed by atoms with E-state index in [2.05, 4.69) is 5.32 Å². The van der Waals surface area contributed by atoms with Gasteiger partial charge in [-0.1, -0.05) is 23.2 Å². The Morgan fingerprint density at radius 3 is 2.43 bits per heavy atom. The molecule has 0 saturated heterocycles. The predicted molar refractivity (Wildman–Crippen MR) is 88.6 cm³/mol. The van der Waals surface area contributed by atoms with Crippen LogP contribution in [0.4, 0.5) is 17.1 Å². The van der Waals surface area contributed by atoms with Crippen LogP contribution in [0.3, 0.4) is 0 Å². The van der Waals surface area contributed by atoms with Gasteiger partial charge in [-0.25, -0.2) is 0 Å². The number of carbonyl (C=O) groups is 1. The molecule has 0 heterocycles. The molecule has 21 heavy (non-hydrogen) atoms. The highest BCUT2D eigenvalue weighted by atomic mass is 35.5. The molecule has 0 bridgehead atoms. The Morgan fingerprint density at radius 2 is 1.81 bits per heavy atom. The number of hydrogen-bond donors (Lipinski definition) is 2. The molecule has 0 aliphatic rings. The van der Waals surface area contributed by atoms with Crippen molar-refractivity contribution in [2.45, 2.75) is 0 Å². The lowest BCUT2D eigenvalue weighted by molar-refractivity contribution is 0.0828. The molecule has 4 nitrogen and oxygen atoms in total. The van der Waals surface area contributed by atoms with E-state index in [0.717, 1.165) is 0 Å². The van der Waals surface area contributed by atoms with Gasteiger partial charge in [0.1, 0.15) is 0 Å². The van der Waals surface area contributed by atoms with Gasteiger partial charge in [-0.05, 0) is 36.4 Å². The fourth-order valence-electron chi connectivity index (χ4n) is 1.83. The first-order chi connectivity index (χ1) is 9.88. The van der Waals surface area contributed by atoms with Gasteiger partial charge >= 0.3 is 0 Å². The summed E-state index contributed by atoms with van der Waals surface area (Å²) in [6, 6.07) is 10.2. The zero-order chi connectivity index (χ0) is 15.6. The quantitative estimate of drug-likeness (QED) is 0.838. The van der Waals surface area contributed by atoms with Crippen LogP contribution in [0.5, 0.6) is 0 Å². The second-order valence-electron chi connectivity index (χ2n) is 4.75. The van der Waals surface area contributed by atoms with Crippen LogP contribution in [0.15, 0.2) is 36.4 Å². The van der Waals surface area contributed by atoms with E-state index in [4.69, 9.17) is 28.9 Å². The molecule has 0 fully saturated rings. The summed E-state index contributed by atoms with van der Waals surface area (Å²) in [5.41, 5.74) is 8.12. The molecule has 2 aromatic rings. The highest BCUT2D eigenvalue weighted by molar-refractivity contribution is 6.36. The van der Waals surface area contributed by atoms with Crippen LogP contribution in [0.25, 0.3) is 0 Å². The standard InChI is InChI=1S/C15H15Cl2N3O/c1-20(2)15(21)11-5-4-10(18)8-14(11)19-13-6-3-9(16)7-12(13)17/h3-8,19H,18H2,1-2H3. The van der Waals surface area contributed by atoms with Crippen molar-refractivity contribution in [1.82, 2.24) is 4.90 Å². The van der Waals surface area contributed by atoms with Gasteiger partial charge in [-0.2, -0.15) is 0 Å². The number of nitrogens with zero attached hydrogens (tertiary/aromatic N) is 1. The minimum Gasteiger partial charge on any atom is -0.399 e. The summed E-state index contributed by atoms with van der Waals surface area (Å²) in [4.78, 5) is 13.7. The first kappa shape index (κ1) is 15.5. The summed E-state index contributed by atoms with van der Waals surface area (Å²) in [7, 11) is 3.38. The van der Waals surface area contributed by atoms with Crippen LogP contribution < -0.4 is 11.1 Å². The summed E-state index contributed by atoms with van der Waals surface area (Å²) >= 11 is 12.0. The van der Waals surface area contributed by atoms with Crippen LogP contribution in [-0.2, 0) is 0 Å². The second-order valence-corrected chi connectivity index (χ2v) is 5.60. The normalized spacial score (nSPS) is 10.3. The smallest absolute Gasteiger partial charge is 0.255 e. The molecular weight excluding hydrogens is 309 g/mol. The lowest BCUT2D eigenvalue weighted by Gasteiger charge is -2.16. The predicted octanol–water partition coefficient (Wildman–Crippen LogP) is 4.02. The maximum atomic E-state index is 12.2. The lowest BCUT2D eigenvalue weighted by Crippen LogP contribution is -2.22. The van der Waals surface area contributed by atoms with E-state index >= 15 is 0 Å². The Bertz CT molecular complexity index is 687. The molecule has 0 radical (unpaired) electrons. The van der Waals surface area contributed by atoms with Crippen LogP contribution in [0.1, 0.15) is 10.4 Å². The van der Waals surface area contributed by atoms with Gasteiger partial charge in [0.25, 0.3) is 5.91 Å². The molecule has 0 aliphatic heterocycles. The first-order valence-corrected chi connectivity index (χ1v) is 6.97. The van der Waals surface area contributed by atoms with Gasteiger partial charge in [0.15, 0.2) is 0 Å². The number of halogens is 2. The molecule has 0 unspecified atom stereocenters. The Kier molecular flexibility index (Phi) is 4.60. The lowest BCUT2D eigenvalue weighted by atomic mass is 10.1. The summed E-state index contributed by atoms with van der Waals surface area (Å²) in [5.74, 6) is -0.123. The topological polar surface area (TPSA) is 58.4 Å². The maximum absolute atomic E-state index is 12.2. The number of amides is 1. The minimum absolute atomic E-state index is 0.123. The molecule has 0 atom stereocenters. The molecule has 2 rings (SSSR count). The number of anilines is 3. The molecule has 0 saturated carbocycles. The van der Waals surface area contributed by atoms with Crippen molar-refractivity contribution in [2.24, 2.45) is 0 Å². The Morgan fingerprint density at radius 1 is 1.10 bits per heavy atom. The number of nitrogens with one attached hydrogen (secondary N) is 1. The molecule has 1 amide bonds. The summed E-state index contributed by atoms with van der Waals surface area (Å²) in [6.45, 7) is 0. The van der Waals surface area contributed by atoms with Crippen molar-refractivity contribution in [2.75, 3.05) is 25.1 Å². The Balaban J connectivity index is 2.43. The molecule has 3 N–H and O–H groups in total. The van der Waals surface area contributed by atoms with Crippen molar-refractivity contribution in [3.8, 4) is 0 Å². The first-order valence-electron chi connectivity index (χ1n) is 6.21. The number of benzene rings is 2. The van der Waals surface area contributed by atoms with Crippen LogP contribution in [-0.4, -0.2) is 24.9 Å². The summed E-state index contributed by atoms with van der Waals surface area (Å²) in [6.07, 6.45) is 0. The zero-order valence-corrected chi connectivity index (χ0v) is 13.2. The molecule has 2 aromatic carbocycles. The van der Waals surface area contributed by atoms with Crippen molar-refractivity contribution in [3.63, 3.8) is 0 Å².